The number of thiophene rings is 1. The van der Waals surface area contributed by atoms with Crippen molar-refractivity contribution in [3.8, 4) is 0 Å². The van der Waals surface area contributed by atoms with E-state index in [2.05, 4.69) is 4.72 Å². The topological polar surface area (TPSA) is 46.2 Å². The van der Waals surface area contributed by atoms with Gasteiger partial charge in [0.1, 0.15) is 0 Å². The van der Waals surface area contributed by atoms with E-state index in [9.17, 15) is 8.42 Å². The minimum Gasteiger partial charge on any atom is -0.279 e. The van der Waals surface area contributed by atoms with Crippen molar-refractivity contribution in [1.82, 2.24) is 0 Å². The van der Waals surface area contributed by atoms with Gasteiger partial charge < -0.3 is 0 Å². The summed E-state index contributed by atoms with van der Waals surface area (Å²) in [5.41, 5.74) is 1.44. The van der Waals surface area contributed by atoms with Crippen LogP contribution in [0.5, 0.6) is 0 Å². The molecule has 88 valence electrons. The molecule has 2 rings (SSSR count). The van der Waals surface area contributed by atoms with Gasteiger partial charge in [0.05, 0.1) is 11.1 Å². The van der Waals surface area contributed by atoms with Crippen LogP contribution in [0, 0.1) is 0 Å². The molecule has 0 spiro atoms. The van der Waals surface area contributed by atoms with E-state index in [1.165, 1.54) is 16.7 Å². The zero-order chi connectivity index (χ0) is 12.1. The molecule has 0 aliphatic heterocycles. The highest BCUT2D eigenvalue weighted by Crippen LogP contribution is 2.14. The van der Waals surface area contributed by atoms with E-state index in [4.69, 9.17) is 0 Å². The molecule has 1 N–H and O–H groups in total. The molecule has 0 amide bonds. The van der Waals surface area contributed by atoms with Gasteiger partial charge in [0.15, 0.2) is 0 Å². The molecule has 0 bridgehead atoms. The molecule has 1 aromatic carbocycles. The summed E-state index contributed by atoms with van der Waals surface area (Å²) in [6.07, 6.45) is 1.56. The van der Waals surface area contributed by atoms with Crippen molar-refractivity contribution in [2.24, 2.45) is 0 Å². The lowest BCUT2D eigenvalue weighted by Gasteiger charge is -2.00. The van der Waals surface area contributed by atoms with Crippen LogP contribution in [0.3, 0.4) is 0 Å². The van der Waals surface area contributed by atoms with E-state index in [1.54, 1.807) is 17.5 Å². The van der Waals surface area contributed by atoms with Gasteiger partial charge in [0, 0.05) is 5.38 Å². The third kappa shape index (κ3) is 3.72. The van der Waals surface area contributed by atoms with Gasteiger partial charge in [-0.2, -0.15) is 11.3 Å². The lowest BCUT2D eigenvalue weighted by atomic mass is 10.2. The van der Waals surface area contributed by atoms with Gasteiger partial charge in [-0.1, -0.05) is 30.3 Å². The molecule has 17 heavy (non-hydrogen) atoms. The quantitative estimate of drug-likeness (QED) is 0.923. The summed E-state index contributed by atoms with van der Waals surface area (Å²) in [4.78, 5) is 0. The van der Waals surface area contributed by atoms with Crippen LogP contribution in [0.25, 0.3) is 6.08 Å². The van der Waals surface area contributed by atoms with Gasteiger partial charge in [-0.05, 0) is 23.1 Å². The molecule has 5 heteroatoms. The highest BCUT2D eigenvalue weighted by Gasteiger charge is 2.04. The van der Waals surface area contributed by atoms with Gasteiger partial charge in [-0.3, -0.25) is 4.72 Å². The number of sulfonamides is 1. The maximum Gasteiger partial charge on any atom is 0.255 e. The minimum absolute atomic E-state index is 0.590. The van der Waals surface area contributed by atoms with Crippen LogP contribution >= 0.6 is 11.3 Å². The average Bonchev–Trinajstić information content (AvgIpc) is 2.80. The second kappa shape index (κ2) is 5.16. The smallest absolute Gasteiger partial charge is 0.255 e. The minimum atomic E-state index is -3.43. The summed E-state index contributed by atoms with van der Waals surface area (Å²) in [5, 5.41) is 4.73. The third-order valence-corrected chi connectivity index (χ3v) is 3.72. The van der Waals surface area contributed by atoms with Gasteiger partial charge in [-0.15, -0.1) is 0 Å². The second-order valence-corrected chi connectivity index (χ2v) is 5.72. The number of benzene rings is 1. The first-order valence-electron chi connectivity index (χ1n) is 4.94. The molecule has 3 nitrogen and oxygen atoms in total. The summed E-state index contributed by atoms with van der Waals surface area (Å²) in [7, 11) is -3.43. The van der Waals surface area contributed by atoms with Gasteiger partial charge in [-0.25, -0.2) is 8.42 Å². The number of rotatable bonds is 4. The molecule has 0 saturated carbocycles. The Morgan fingerprint density at radius 1 is 1.12 bits per heavy atom. The third-order valence-electron chi connectivity index (χ3n) is 2.02. The van der Waals surface area contributed by atoms with E-state index in [-0.39, 0.29) is 0 Å². The molecule has 0 saturated heterocycles. The molecule has 1 aromatic heterocycles. The average molecular weight is 265 g/mol. The molecule has 0 aliphatic carbocycles. The Bertz CT molecular complexity index is 587. The molecule has 1 heterocycles. The van der Waals surface area contributed by atoms with E-state index >= 15 is 0 Å². The normalized spacial score (nSPS) is 11.8. The highest BCUT2D eigenvalue weighted by molar-refractivity contribution is 7.95. The Morgan fingerprint density at radius 3 is 2.53 bits per heavy atom. The fourth-order valence-corrected chi connectivity index (χ4v) is 2.78. The Kier molecular flexibility index (Phi) is 3.61. The van der Waals surface area contributed by atoms with Crippen LogP contribution in [0.15, 0.2) is 52.6 Å². The summed E-state index contributed by atoms with van der Waals surface area (Å²) >= 11 is 1.44. The zero-order valence-corrected chi connectivity index (χ0v) is 10.5. The summed E-state index contributed by atoms with van der Waals surface area (Å²) in [6, 6.07) is 11.0. The van der Waals surface area contributed by atoms with Crippen molar-refractivity contribution in [3.63, 3.8) is 0 Å². The van der Waals surface area contributed by atoms with Crippen molar-refractivity contribution in [2.45, 2.75) is 0 Å². The fraction of sp³-hybridized carbons (Fsp3) is 0. The van der Waals surface area contributed by atoms with Crippen LogP contribution < -0.4 is 4.72 Å². The van der Waals surface area contributed by atoms with E-state index < -0.39 is 10.0 Å². The van der Waals surface area contributed by atoms with Crippen molar-refractivity contribution < 1.29 is 8.42 Å². The zero-order valence-electron chi connectivity index (χ0n) is 8.91. The monoisotopic (exact) mass is 265 g/mol. The van der Waals surface area contributed by atoms with Crippen LogP contribution in [0.2, 0.25) is 0 Å². The maximum absolute atomic E-state index is 11.7. The molecule has 0 aliphatic rings. The molecule has 0 unspecified atom stereocenters. The van der Waals surface area contributed by atoms with Crippen LogP contribution in [0.1, 0.15) is 5.56 Å². The summed E-state index contributed by atoms with van der Waals surface area (Å²) in [5.74, 6) is 0. The predicted octanol–water partition coefficient (Wildman–Crippen LogP) is 3.16. The molecular weight excluding hydrogens is 254 g/mol. The lowest BCUT2D eigenvalue weighted by Crippen LogP contribution is -2.07. The van der Waals surface area contributed by atoms with Crippen molar-refractivity contribution in [3.05, 3.63) is 58.1 Å². The molecule has 0 atom stereocenters. The highest BCUT2D eigenvalue weighted by atomic mass is 32.2. The maximum atomic E-state index is 11.7. The number of hydrogen-bond donors (Lipinski definition) is 1. The first kappa shape index (κ1) is 11.9. The second-order valence-electron chi connectivity index (χ2n) is 3.37. The molecular formula is C12H11NO2S2. The van der Waals surface area contributed by atoms with Gasteiger partial charge in [0.25, 0.3) is 10.0 Å². The Balaban J connectivity index is 2.10. The van der Waals surface area contributed by atoms with Crippen LogP contribution in [-0.4, -0.2) is 8.42 Å². The standard InChI is InChI=1S/C12H11NO2S2/c14-17(15,13-12-6-8-16-10-12)9-7-11-4-2-1-3-5-11/h1-10,13H. The summed E-state index contributed by atoms with van der Waals surface area (Å²) in [6.45, 7) is 0. The SMILES string of the molecule is O=S(=O)(C=Cc1ccccc1)Nc1ccsc1. The molecule has 0 fully saturated rings. The van der Waals surface area contributed by atoms with E-state index in [1.807, 2.05) is 35.7 Å². The molecule has 2 aromatic rings. The number of anilines is 1. The predicted molar refractivity (Wildman–Crippen MR) is 72.3 cm³/mol. The van der Waals surface area contributed by atoms with Gasteiger partial charge in [0.2, 0.25) is 0 Å². The van der Waals surface area contributed by atoms with Gasteiger partial charge >= 0.3 is 0 Å². The lowest BCUT2D eigenvalue weighted by molar-refractivity contribution is 0.609. The van der Waals surface area contributed by atoms with Crippen LogP contribution in [-0.2, 0) is 10.0 Å². The van der Waals surface area contributed by atoms with Crippen LogP contribution in [0.4, 0.5) is 5.69 Å². The first-order chi connectivity index (χ1) is 8.16. The summed E-state index contributed by atoms with van der Waals surface area (Å²) < 4.78 is 25.8. The fourth-order valence-electron chi connectivity index (χ4n) is 1.25. The van der Waals surface area contributed by atoms with E-state index in [0.717, 1.165) is 5.56 Å². The number of hydrogen-bond acceptors (Lipinski definition) is 3. The Hall–Kier alpha value is -1.59. The number of nitrogens with one attached hydrogen (secondary N) is 1. The Labute approximate surface area is 104 Å². The van der Waals surface area contributed by atoms with Crippen molar-refractivity contribution in [2.75, 3.05) is 4.72 Å². The van der Waals surface area contributed by atoms with E-state index in [0.29, 0.717) is 5.69 Å². The largest absolute Gasteiger partial charge is 0.279 e. The molecule has 0 radical (unpaired) electrons. The van der Waals surface area contributed by atoms with Crippen molar-refractivity contribution in [1.29, 1.82) is 0 Å². The Morgan fingerprint density at radius 2 is 1.88 bits per heavy atom. The van der Waals surface area contributed by atoms with Crippen molar-refractivity contribution >= 4 is 33.1 Å². The first-order valence-corrected chi connectivity index (χ1v) is 7.43.